The van der Waals surface area contributed by atoms with Crippen molar-refractivity contribution in [3.8, 4) is 0 Å². The van der Waals surface area contributed by atoms with Gasteiger partial charge in [-0.15, -0.1) is 6.58 Å². The minimum absolute atomic E-state index is 0.254. The van der Waals surface area contributed by atoms with Crippen molar-refractivity contribution >= 4 is 5.97 Å². The van der Waals surface area contributed by atoms with Crippen molar-refractivity contribution in [1.29, 1.82) is 0 Å². The van der Waals surface area contributed by atoms with Gasteiger partial charge >= 0.3 is 5.97 Å². The van der Waals surface area contributed by atoms with Gasteiger partial charge in [-0.05, 0) is 39.2 Å². The summed E-state index contributed by atoms with van der Waals surface area (Å²) in [6.45, 7) is 11.3. The van der Waals surface area contributed by atoms with Gasteiger partial charge in [-0.2, -0.15) is 0 Å². The maximum absolute atomic E-state index is 11.0. The molecule has 0 rings (SSSR count). The van der Waals surface area contributed by atoms with Gasteiger partial charge in [-0.3, -0.25) is 0 Å². The summed E-state index contributed by atoms with van der Waals surface area (Å²) < 4.78 is 10.3. The largest absolute Gasteiger partial charge is 0.495 e. The van der Waals surface area contributed by atoms with Crippen LogP contribution in [0.1, 0.15) is 33.1 Å². The molecule has 0 atom stereocenters. The molecule has 0 amide bonds. The van der Waals surface area contributed by atoms with E-state index < -0.39 is 0 Å². The van der Waals surface area contributed by atoms with Gasteiger partial charge in [0, 0.05) is 5.57 Å². The third-order valence-corrected chi connectivity index (χ3v) is 2.04. The third kappa shape index (κ3) is 9.42. The Morgan fingerprint density at radius 3 is 2.41 bits per heavy atom. The minimum Gasteiger partial charge on any atom is -0.495 e. The van der Waals surface area contributed by atoms with Crippen molar-refractivity contribution in [3.63, 3.8) is 0 Å². The van der Waals surface area contributed by atoms with Crippen LogP contribution in [-0.4, -0.2) is 19.2 Å². The Balaban J connectivity index is 3.56. The lowest BCUT2D eigenvalue weighted by atomic mass is 10.2. The van der Waals surface area contributed by atoms with E-state index in [-0.39, 0.29) is 12.6 Å². The van der Waals surface area contributed by atoms with Crippen LogP contribution in [0.25, 0.3) is 0 Å². The van der Waals surface area contributed by atoms with Gasteiger partial charge in [-0.25, -0.2) is 4.79 Å². The molecule has 0 saturated carbocycles. The van der Waals surface area contributed by atoms with Crippen molar-refractivity contribution < 1.29 is 14.3 Å². The molecule has 0 aromatic carbocycles. The van der Waals surface area contributed by atoms with Crippen molar-refractivity contribution in [3.05, 3.63) is 36.6 Å². The lowest BCUT2D eigenvalue weighted by molar-refractivity contribution is -0.140. The highest BCUT2D eigenvalue weighted by Crippen LogP contribution is 2.03. The molecule has 0 aromatic rings. The fourth-order valence-electron chi connectivity index (χ4n) is 1.09. The zero-order valence-corrected chi connectivity index (χ0v) is 10.8. The summed E-state index contributed by atoms with van der Waals surface area (Å²) in [6.07, 6.45) is 7.00. The van der Waals surface area contributed by atoms with Gasteiger partial charge in [0.2, 0.25) is 0 Å². The molecular formula is C14H22O3. The maximum atomic E-state index is 11.0. The van der Waals surface area contributed by atoms with E-state index in [0.29, 0.717) is 12.2 Å². The number of carbonyl (C=O) groups excluding carboxylic acids is 1. The first kappa shape index (κ1) is 15.5. The monoisotopic (exact) mass is 238 g/mol. The molecule has 0 aromatic heterocycles. The maximum Gasteiger partial charge on any atom is 0.333 e. The van der Waals surface area contributed by atoms with Gasteiger partial charge in [0.25, 0.3) is 0 Å². The summed E-state index contributed by atoms with van der Waals surface area (Å²) in [6, 6.07) is 0. The van der Waals surface area contributed by atoms with Gasteiger partial charge in [0.1, 0.15) is 13.2 Å². The Labute approximate surface area is 104 Å². The van der Waals surface area contributed by atoms with E-state index in [2.05, 4.69) is 13.2 Å². The first-order chi connectivity index (χ1) is 8.07. The lowest BCUT2D eigenvalue weighted by Gasteiger charge is -2.07. The summed E-state index contributed by atoms with van der Waals surface area (Å²) in [5.74, 6) is 0.488. The lowest BCUT2D eigenvalue weighted by Crippen LogP contribution is -2.10. The summed E-state index contributed by atoms with van der Waals surface area (Å²) in [4.78, 5) is 11.0. The smallest absolute Gasteiger partial charge is 0.333 e. The number of carbonyl (C=O) groups is 1. The molecule has 96 valence electrons. The van der Waals surface area contributed by atoms with E-state index in [1.807, 2.05) is 19.1 Å². The number of allylic oxidation sites excluding steroid dienone is 3. The second kappa shape index (κ2) is 9.70. The standard InChI is InChI=1S/C14H22O3/c1-5-6-7-8-9-13(4)16-10-11-17-14(15)12(2)3/h5,9H,1-2,6-8,10-11H2,3-4H3/b13-9+. The van der Waals surface area contributed by atoms with Gasteiger partial charge in [0.15, 0.2) is 0 Å². The zero-order valence-electron chi connectivity index (χ0n) is 10.8. The van der Waals surface area contributed by atoms with Crippen LogP contribution in [0.4, 0.5) is 0 Å². The number of esters is 1. The topological polar surface area (TPSA) is 35.5 Å². The summed E-state index contributed by atoms with van der Waals surface area (Å²) in [5.41, 5.74) is 0.404. The van der Waals surface area contributed by atoms with Crippen LogP contribution in [-0.2, 0) is 14.3 Å². The van der Waals surface area contributed by atoms with Crippen LogP contribution >= 0.6 is 0 Å². The number of unbranched alkanes of at least 4 members (excludes halogenated alkanes) is 2. The van der Waals surface area contributed by atoms with E-state index >= 15 is 0 Å². The highest BCUT2D eigenvalue weighted by atomic mass is 16.6. The van der Waals surface area contributed by atoms with Crippen LogP contribution in [0.3, 0.4) is 0 Å². The molecule has 0 bridgehead atoms. The Hall–Kier alpha value is -1.51. The van der Waals surface area contributed by atoms with Gasteiger partial charge < -0.3 is 9.47 Å². The molecule has 17 heavy (non-hydrogen) atoms. The molecule has 0 radical (unpaired) electrons. The number of ether oxygens (including phenoxy) is 2. The average molecular weight is 238 g/mol. The second-order valence-electron chi connectivity index (χ2n) is 3.80. The molecule has 3 heteroatoms. The van der Waals surface area contributed by atoms with Crippen molar-refractivity contribution in [1.82, 2.24) is 0 Å². The van der Waals surface area contributed by atoms with Crippen molar-refractivity contribution in [2.75, 3.05) is 13.2 Å². The molecule has 0 aliphatic carbocycles. The van der Waals surface area contributed by atoms with Gasteiger partial charge in [-0.1, -0.05) is 12.7 Å². The van der Waals surface area contributed by atoms with Crippen molar-refractivity contribution in [2.45, 2.75) is 33.1 Å². The number of hydrogen-bond donors (Lipinski definition) is 0. The summed E-state index contributed by atoms with van der Waals surface area (Å²) >= 11 is 0. The fraction of sp³-hybridized carbons (Fsp3) is 0.500. The third-order valence-electron chi connectivity index (χ3n) is 2.04. The molecule has 0 aliphatic rings. The Bertz CT molecular complexity index is 290. The van der Waals surface area contributed by atoms with E-state index in [1.54, 1.807) is 6.92 Å². The molecule has 0 aliphatic heterocycles. The SMILES string of the molecule is C=CCCC/C=C(\C)OCCOC(=O)C(=C)C. The van der Waals surface area contributed by atoms with Crippen LogP contribution in [0.15, 0.2) is 36.6 Å². The molecule has 0 saturated heterocycles. The first-order valence-corrected chi connectivity index (χ1v) is 5.81. The van der Waals surface area contributed by atoms with Crippen LogP contribution in [0.5, 0.6) is 0 Å². The fourth-order valence-corrected chi connectivity index (χ4v) is 1.09. The predicted molar refractivity (Wildman–Crippen MR) is 69.5 cm³/mol. The van der Waals surface area contributed by atoms with E-state index in [4.69, 9.17) is 9.47 Å². The molecule has 0 heterocycles. The summed E-state index contributed by atoms with van der Waals surface area (Å²) in [5, 5.41) is 0. The van der Waals surface area contributed by atoms with Crippen molar-refractivity contribution in [2.24, 2.45) is 0 Å². The molecule has 0 fully saturated rings. The van der Waals surface area contributed by atoms with Crippen LogP contribution in [0.2, 0.25) is 0 Å². The molecule has 3 nitrogen and oxygen atoms in total. The summed E-state index contributed by atoms with van der Waals surface area (Å²) in [7, 11) is 0. The van der Waals surface area contributed by atoms with E-state index in [0.717, 1.165) is 25.0 Å². The van der Waals surface area contributed by atoms with Gasteiger partial charge in [0.05, 0.1) is 5.76 Å². The Morgan fingerprint density at radius 1 is 1.18 bits per heavy atom. The number of hydrogen-bond acceptors (Lipinski definition) is 3. The normalized spacial score (nSPS) is 10.8. The van der Waals surface area contributed by atoms with E-state index in [1.165, 1.54) is 0 Å². The van der Waals surface area contributed by atoms with E-state index in [9.17, 15) is 4.79 Å². The average Bonchev–Trinajstić information content (AvgIpc) is 2.29. The van der Waals surface area contributed by atoms with Crippen LogP contribution in [0, 0.1) is 0 Å². The van der Waals surface area contributed by atoms with Crippen LogP contribution < -0.4 is 0 Å². The first-order valence-electron chi connectivity index (χ1n) is 5.81. The Morgan fingerprint density at radius 2 is 1.82 bits per heavy atom. The molecule has 0 spiro atoms. The molecular weight excluding hydrogens is 216 g/mol. The second-order valence-corrected chi connectivity index (χ2v) is 3.80. The Kier molecular flexibility index (Phi) is 8.84. The quantitative estimate of drug-likeness (QED) is 0.203. The number of rotatable bonds is 9. The predicted octanol–water partition coefficient (Wildman–Crippen LogP) is 3.38. The molecule has 0 unspecified atom stereocenters. The highest BCUT2D eigenvalue weighted by Gasteiger charge is 2.01. The zero-order chi connectivity index (χ0) is 13.1. The minimum atomic E-state index is -0.374. The highest BCUT2D eigenvalue weighted by molar-refractivity contribution is 5.86. The molecule has 0 N–H and O–H groups in total.